The Bertz CT molecular complexity index is 624. The molecule has 3 rings (SSSR count). The van der Waals surface area contributed by atoms with Crippen LogP contribution in [0, 0.1) is 5.82 Å². The molecule has 1 amide bonds. The maximum absolute atomic E-state index is 12.9. The third-order valence-corrected chi connectivity index (χ3v) is 3.99. The number of hydrazine groups is 1. The van der Waals surface area contributed by atoms with Crippen molar-refractivity contribution < 1.29 is 14.3 Å². The fourth-order valence-electron chi connectivity index (χ4n) is 1.99. The van der Waals surface area contributed by atoms with Crippen LogP contribution < -0.4 is 5.43 Å². The van der Waals surface area contributed by atoms with Gasteiger partial charge in [0.05, 0.1) is 4.91 Å². The first-order valence-electron chi connectivity index (χ1n) is 6.15. The summed E-state index contributed by atoms with van der Waals surface area (Å²) in [6.45, 7) is 1.68. The van der Waals surface area contributed by atoms with Gasteiger partial charge in [0, 0.05) is 24.7 Å². The Morgan fingerprint density at radius 3 is 3.05 bits per heavy atom. The summed E-state index contributed by atoms with van der Waals surface area (Å²) in [6, 6.07) is 3.68. The number of carbonyl (C=O) groups excluding carboxylic acids is 1. The van der Waals surface area contributed by atoms with Crippen LogP contribution >= 0.6 is 11.8 Å². The van der Waals surface area contributed by atoms with Crippen LogP contribution in [0.3, 0.4) is 0 Å². The Morgan fingerprint density at radius 1 is 1.50 bits per heavy atom. The number of carbonyl (C=O) groups is 1. The fourth-order valence-corrected chi connectivity index (χ4v) is 2.90. The zero-order valence-corrected chi connectivity index (χ0v) is 11.3. The molecule has 0 bridgehead atoms. The van der Waals surface area contributed by atoms with Crippen LogP contribution in [-0.4, -0.2) is 34.3 Å². The van der Waals surface area contributed by atoms with Crippen molar-refractivity contribution in [2.75, 3.05) is 13.1 Å². The zero-order valence-electron chi connectivity index (χ0n) is 10.5. The van der Waals surface area contributed by atoms with E-state index in [0.717, 1.165) is 25.6 Å². The molecular weight excluding hydrogens is 281 g/mol. The van der Waals surface area contributed by atoms with Gasteiger partial charge in [-0.15, -0.1) is 0 Å². The third-order valence-electron chi connectivity index (χ3n) is 2.98. The lowest BCUT2D eigenvalue weighted by atomic mass is 10.2. The van der Waals surface area contributed by atoms with Crippen molar-refractivity contribution in [1.29, 1.82) is 0 Å². The van der Waals surface area contributed by atoms with Crippen molar-refractivity contribution in [3.63, 3.8) is 0 Å². The number of nitrogens with zero attached hydrogens (tertiary/aromatic N) is 2. The summed E-state index contributed by atoms with van der Waals surface area (Å²) in [5.74, 6) is -1.06. The maximum atomic E-state index is 12.9. The largest absolute Gasteiger partial charge is 0.507 e. The van der Waals surface area contributed by atoms with Gasteiger partial charge in [0.15, 0.2) is 5.17 Å². The van der Waals surface area contributed by atoms with Gasteiger partial charge in [-0.05, 0) is 36.4 Å². The summed E-state index contributed by atoms with van der Waals surface area (Å²) in [5.41, 5.74) is 3.52. The van der Waals surface area contributed by atoms with Crippen LogP contribution in [0.15, 0.2) is 28.1 Å². The van der Waals surface area contributed by atoms with Gasteiger partial charge in [0.1, 0.15) is 11.6 Å². The van der Waals surface area contributed by atoms with E-state index < -0.39 is 5.82 Å². The van der Waals surface area contributed by atoms with E-state index in [1.165, 1.54) is 30.0 Å². The third kappa shape index (κ3) is 2.54. The molecule has 0 radical (unpaired) electrons. The molecule has 2 heterocycles. The summed E-state index contributed by atoms with van der Waals surface area (Å²) < 4.78 is 12.9. The molecule has 2 aliphatic heterocycles. The standard InChI is InChI=1S/C13H12FN3O2S/c14-9-3-2-8(10(18)7-9)6-11-12(19)16-13(20-11)17-5-1-4-15-17/h2-3,6-7,15,18H,1,4-5H2. The van der Waals surface area contributed by atoms with E-state index in [1.807, 2.05) is 5.01 Å². The van der Waals surface area contributed by atoms with Gasteiger partial charge < -0.3 is 5.11 Å². The number of phenols is 1. The Balaban J connectivity index is 1.82. The molecule has 0 spiro atoms. The Labute approximate surface area is 119 Å². The van der Waals surface area contributed by atoms with Crippen LogP contribution in [0.25, 0.3) is 6.08 Å². The maximum Gasteiger partial charge on any atom is 0.286 e. The van der Waals surface area contributed by atoms with Crippen molar-refractivity contribution in [3.8, 4) is 5.75 Å². The number of aliphatic imine (C=N–C) groups is 1. The summed E-state index contributed by atoms with van der Waals surface area (Å²) in [7, 11) is 0. The predicted octanol–water partition coefficient (Wildman–Crippen LogP) is 1.71. The molecule has 2 aliphatic rings. The second-order valence-electron chi connectivity index (χ2n) is 4.43. The molecule has 0 saturated carbocycles. The zero-order chi connectivity index (χ0) is 14.1. The molecule has 1 aromatic carbocycles. The molecule has 0 aromatic heterocycles. The monoisotopic (exact) mass is 293 g/mol. The lowest BCUT2D eigenvalue weighted by molar-refractivity contribution is -0.113. The minimum absolute atomic E-state index is 0.196. The lowest BCUT2D eigenvalue weighted by Gasteiger charge is -2.15. The van der Waals surface area contributed by atoms with Crippen molar-refractivity contribution >= 4 is 28.9 Å². The van der Waals surface area contributed by atoms with E-state index in [4.69, 9.17) is 0 Å². The van der Waals surface area contributed by atoms with E-state index >= 15 is 0 Å². The molecule has 2 N–H and O–H groups in total. The number of amidine groups is 1. The molecular formula is C13H12FN3O2S. The van der Waals surface area contributed by atoms with Crippen molar-refractivity contribution in [3.05, 3.63) is 34.5 Å². The Kier molecular flexibility index (Phi) is 3.45. The molecule has 0 aliphatic carbocycles. The van der Waals surface area contributed by atoms with Gasteiger partial charge in [0.2, 0.25) is 0 Å². The second-order valence-corrected chi connectivity index (χ2v) is 5.44. The SMILES string of the molecule is O=C1N=C(N2CCCN2)SC1=Cc1ccc(F)cc1O. The van der Waals surface area contributed by atoms with Crippen molar-refractivity contribution in [1.82, 2.24) is 10.4 Å². The number of benzene rings is 1. The van der Waals surface area contributed by atoms with Crippen LogP contribution in [0.1, 0.15) is 12.0 Å². The molecule has 20 heavy (non-hydrogen) atoms. The summed E-state index contributed by atoms with van der Waals surface area (Å²) in [5, 5.41) is 12.1. The quantitative estimate of drug-likeness (QED) is 0.772. The highest BCUT2D eigenvalue weighted by molar-refractivity contribution is 8.18. The second kappa shape index (κ2) is 5.26. The summed E-state index contributed by atoms with van der Waals surface area (Å²) >= 11 is 1.24. The molecule has 7 heteroatoms. The predicted molar refractivity (Wildman–Crippen MR) is 75.4 cm³/mol. The molecule has 1 fully saturated rings. The summed E-state index contributed by atoms with van der Waals surface area (Å²) in [6.07, 6.45) is 2.53. The topological polar surface area (TPSA) is 64.9 Å². The van der Waals surface area contributed by atoms with Gasteiger partial charge in [-0.25, -0.2) is 9.82 Å². The van der Waals surface area contributed by atoms with Crippen LogP contribution in [0.5, 0.6) is 5.75 Å². The average Bonchev–Trinajstić information content (AvgIpc) is 3.03. The molecule has 1 aromatic rings. The van der Waals surface area contributed by atoms with E-state index in [1.54, 1.807) is 0 Å². The van der Waals surface area contributed by atoms with Gasteiger partial charge in [0.25, 0.3) is 5.91 Å². The Hall–Kier alpha value is -1.86. The molecule has 1 saturated heterocycles. The first-order chi connectivity index (χ1) is 9.63. The highest BCUT2D eigenvalue weighted by Gasteiger charge is 2.27. The number of halogens is 1. The number of rotatable bonds is 1. The highest BCUT2D eigenvalue weighted by Crippen LogP contribution is 2.32. The van der Waals surface area contributed by atoms with Gasteiger partial charge >= 0.3 is 0 Å². The van der Waals surface area contributed by atoms with E-state index in [-0.39, 0.29) is 11.7 Å². The number of amides is 1. The van der Waals surface area contributed by atoms with Crippen molar-refractivity contribution in [2.45, 2.75) is 6.42 Å². The minimum Gasteiger partial charge on any atom is -0.507 e. The molecule has 5 nitrogen and oxygen atoms in total. The molecule has 104 valence electrons. The normalized spacial score (nSPS) is 20.9. The number of aromatic hydroxyl groups is 1. The van der Waals surface area contributed by atoms with Crippen LogP contribution in [0.2, 0.25) is 0 Å². The van der Waals surface area contributed by atoms with Crippen molar-refractivity contribution in [2.24, 2.45) is 4.99 Å². The minimum atomic E-state index is -0.520. The van der Waals surface area contributed by atoms with E-state index in [0.29, 0.717) is 15.6 Å². The smallest absolute Gasteiger partial charge is 0.286 e. The van der Waals surface area contributed by atoms with Gasteiger partial charge in [-0.1, -0.05) is 0 Å². The fraction of sp³-hybridized carbons (Fsp3) is 0.231. The molecule has 0 atom stereocenters. The first kappa shape index (κ1) is 13.1. The van der Waals surface area contributed by atoms with Gasteiger partial charge in [-0.3, -0.25) is 9.80 Å². The number of hydrogen-bond donors (Lipinski definition) is 2. The van der Waals surface area contributed by atoms with Crippen LogP contribution in [0.4, 0.5) is 4.39 Å². The lowest BCUT2D eigenvalue weighted by Crippen LogP contribution is -2.34. The highest BCUT2D eigenvalue weighted by atomic mass is 32.2. The molecule has 0 unspecified atom stereocenters. The Morgan fingerprint density at radius 2 is 2.35 bits per heavy atom. The van der Waals surface area contributed by atoms with E-state index in [2.05, 4.69) is 10.4 Å². The number of hydrogen-bond acceptors (Lipinski definition) is 5. The number of thioether (sulfide) groups is 1. The average molecular weight is 293 g/mol. The first-order valence-corrected chi connectivity index (χ1v) is 6.97. The van der Waals surface area contributed by atoms with Gasteiger partial charge in [-0.2, -0.15) is 4.99 Å². The summed E-state index contributed by atoms with van der Waals surface area (Å²) in [4.78, 5) is 16.2. The van der Waals surface area contributed by atoms with E-state index in [9.17, 15) is 14.3 Å². The number of nitrogens with one attached hydrogen (secondary N) is 1. The number of phenolic OH excluding ortho intramolecular Hbond substituents is 1. The van der Waals surface area contributed by atoms with Crippen LogP contribution in [-0.2, 0) is 4.79 Å².